The highest BCUT2D eigenvalue weighted by molar-refractivity contribution is 5.31. The van der Waals surface area contributed by atoms with Crippen LogP contribution in [-0.4, -0.2) is 20.8 Å². The van der Waals surface area contributed by atoms with Crippen LogP contribution < -0.4 is 5.32 Å². The molecule has 0 aliphatic rings. The van der Waals surface area contributed by atoms with Gasteiger partial charge in [0.05, 0.1) is 6.07 Å². The fraction of sp³-hybridized carbons (Fsp3) is 0.417. The van der Waals surface area contributed by atoms with Crippen molar-refractivity contribution in [3.8, 4) is 6.07 Å². The minimum absolute atomic E-state index is 0.559. The van der Waals surface area contributed by atoms with Crippen LogP contribution in [0, 0.1) is 11.3 Å². The molecule has 1 rings (SSSR count). The second kappa shape index (κ2) is 5.50. The standard InChI is InChI=1S/C12H16N2O/c1-14-12(10-13,8-9-15-2)11-6-4-3-5-7-11/h3-7,14H,8-9H2,1-2H3. The van der Waals surface area contributed by atoms with Crippen LogP contribution in [0.5, 0.6) is 0 Å². The summed E-state index contributed by atoms with van der Waals surface area (Å²) >= 11 is 0. The Kier molecular flexibility index (Phi) is 4.29. The lowest BCUT2D eigenvalue weighted by Crippen LogP contribution is -2.39. The van der Waals surface area contributed by atoms with Crippen molar-refractivity contribution in [2.45, 2.75) is 12.0 Å². The number of hydrogen-bond acceptors (Lipinski definition) is 3. The maximum absolute atomic E-state index is 9.29. The van der Waals surface area contributed by atoms with Crippen LogP contribution in [0.2, 0.25) is 0 Å². The first-order chi connectivity index (χ1) is 7.29. The van der Waals surface area contributed by atoms with E-state index in [2.05, 4.69) is 11.4 Å². The van der Waals surface area contributed by atoms with Gasteiger partial charge >= 0.3 is 0 Å². The molecule has 0 amide bonds. The van der Waals surface area contributed by atoms with E-state index in [1.54, 1.807) is 14.2 Å². The quantitative estimate of drug-likeness (QED) is 0.793. The summed E-state index contributed by atoms with van der Waals surface area (Å²) in [4.78, 5) is 0. The van der Waals surface area contributed by atoms with Crippen LogP contribution in [0.25, 0.3) is 0 Å². The van der Waals surface area contributed by atoms with E-state index in [4.69, 9.17) is 4.74 Å². The molecule has 0 fully saturated rings. The molecule has 1 N–H and O–H groups in total. The van der Waals surface area contributed by atoms with Crippen molar-refractivity contribution < 1.29 is 4.74 Å². The molecule has 0 aliphatic carbocycles. The molecule has 0 saturated carbocycles. The molecule has 3 nitrogen and oxygen atoms in total. The fourth-order valence-electron chi connectivity index (χ4n) is 1.57. The summed E-state index contributed by atoms with van der Waals surface area (Å²) in [7, 11) is 3.44. The second-order valence-corrected chi connectivity index (χ2v) is 3.38. The number of rotatable bonds is 5. The predicted molar refractivity (Wildman–Crippen MR) is 59.3 cm³/mol. The monoisotopic (exact) mass is 204 g/mol. The Morgan fingerprint density at radius 2 is 2.07 bits per heavy atom. The SMILES string of the molecule is CNC(C#N)(CCOC)c1ccccc1. The molecule has 80 valence electrons. The van der Waals surface area contributed by atoms with Crippen molar-refractivity contribution in [2.75, 3.05) is 20.8 Å². The van der Waals surface area contributed by atoms with Gasteiger partial charge in [0, 0.05) is 20.1 Å². The van der Waals surface area contributed by atoms with E-state index in [0.717, 1.165) is 5.56 Å². The van der Waals surface area contributed by atoms with Crippen molar-refractivity contribution in [3.63, 3.8) is 0 Å². The number of nitrogens with zero attached hydrogens (tertiary/aromatic N) is 1. The molecule has 0 bridgehead atoms. The number of nitrogens with one attached hydrogen (secondary N) is 1. The Morgan fingerprint density at radius 1 is 1.40 bits per heavy atom. The van der Waals surface area contributed by atoms with Crippen LogP contribution in [0.3, 0.4) is 0 Å². The molecular formula is C12H16N2O. The Morgan fingerprint density at radius 3 is 2.53 bits per heavy atom. The molecule has 0 radical (unpaired) electrons. The van der Waals surface area contributed by atoms with Crippen LogP contribution in [-0.2, 0) is 10.3 Å². The highest BCUT2D eigenvalue weighted by Crippen LogP contribution is 2.23. The first kappa shape index (κ1) is 11.7. The first-order valence-corrected chi connectivity index (χ1v) is 4.93. The number of methoxy groups -OCH3 is 1. The summed E-state index contributed by atoms with van der Waals surface area (Å²) < 4.78 is 5.03. The van der Waals surface area contributed by atoms with Gasteiger partial charge in [-0.15, -0.1) is 0 Å². The zero-order valence-corrected chi connectivity index (χ0v) is 9.16. The minimum atomic E-state index is -0.642. The number of hydrogen-bond donors (Lipinski definition) is 1. The zero-order chi connectivity index (χ0) is 11.1. The third-order valence-electron chi connectivity index (χ3n) is 2.57. The van der Waals surface area contributed by atoms with Crippen LogP contribution in [0.15, 0.2) is 30.3 Å². The second-order valence-electron chi connectivity index (χ2n) is 3.38. The van der Waals surface area contributed by atoms with Crippen molar-refractivity contribution in [2.24, 2.45) is 0 Å². The van der Waals surface area contributed by atoms with Gasteiger partial charge in [-0.1, -0.05) is 30.3 Å². The van der Waals surface area contributed by atoms with E-state index < -0.39 is 5.54 Å². The number of ether oxygens (including phenoxy) is 1. The molecule has 1 aromatic rings. The first-order valence-electron chi connectivity index (χ1n) is 4.93. The van der Waals surface area contributed by atoms with Crippen molar-refractivity contribution in [3.05, 3.63) is 35.9 Å². The molecule has 0 spiro atoms. The maximum atomic E-state index is 9.29. The van der Waals surface area contributed by atoms with Crippen LogP contribution >= 0.6 is 0 Å². The van der Waals surface area contributed by atoms with E-state index in [9.17, 15) is 5.26 Å². The molecule has 1 unspecified atom stereocenters. The lowest BCUT2D eigenvalue weighted by atomic mass is 9.88. The van der Waals surface area contributed by atoms with E-state index in [1.165, 1.54) is 0 Å². The van der Waals surface area contributed by atoms with E-state index in [0.29, 0.717) is 13.0 Å². The van der Waals surface area contributed by atoms with Gasteiger partial charge < -0.3 is 4.74 Å². The maximum Gasteiger partial charge on any atom is 0.134 e. The largest absolute Gasteiger partial charge is 0.385 e. The Labute approximate surface area is 90.7 Å². The summed E-state index contributed by atoms with van der Waals surface area (Å²) in [5.74, 6) is 0. The summed E-state index contributed by atoms with van der Waals surface area (Å²) in [5.41, 5.74) is 0.337. The zero-order valence-electron chi connectivity index (χ0n) is 9.16. The Balaban J connectivity index is 2.96. The smallest absolute Gasteiger partial charge is 0.134 e. The molecule has 1 aromatic carbocycles. The molecule has 0 heterocycles. The average Bonchev–Trinajstić information content (AvgIpc) is 2.33. The van der Waals surface area contributed by atoms with E-state index in [1.807, 2.05) is 30.3 Å². The highest BCUT2D eigenvalue weighted by Gasteiger charge is 2.29. The summed E-state index contributed by atoms with van der Waals surface area (Å²) in [6, 6.07) is 12.0. The van der Waals surface area contributed by atoms with Gasteiger partial charge in [0.2, 0.25) is 0 Å². The van der Waals surface area contributed by atoms with Crippen molar-refractivity contribution in [1.29, 1.82) is 5.26 Å². The van der Waals surface area contributed by atoms with Gasteiger partial charge in [-0.3, -0.25) is 5.32 Å². The highest BCUT2D eigenvalue weighted by atomic mass is 16.5. The van der Waals surface area contributed by atoms with Gasteiger partial charge in [-0.2, -0.15) is 5.26 Å². The third-order valence-corrected chi connectivity index (χ3v) is 2.57. The Hall–Kier alpha value is -1.37. The van der Waals surface area contributed by atoms with Gasteiger partial charge in [0.1, 0.15) is 5.54 Å². The average molecular weight is 204 g/mol. The van der Waals surface area contributed by atoms with Gasteiger partial charge in [0.15, 0.2) is 0 Å². The molecule has 3 heteroatoms. The fourth-order valence-corrected chi connectivity index (χ4v) is 1.57. The molecule has 0 aromatic heterocycles. The predicted octanol–water partition coefficient (Wildman–Crippen LogP) is 1.66. The molecule has 0 aliphatic heterocycles. The van der Waals surface area contributed by atoms with Crippen LogP contribution in [0.4, 0.5) is 0 Å². The lowest BCUT2D eigenvalue weighted by Gasteiger charge is -2.26. The van der Waals surface area contributed by atoms with E-state index in [-0.39, 0.29) is 0 Å². The minimum Gasteiger partial charge on any atom is -0.385 e. The van der Waals surface area contributed by atoms with Gasteiger partial charge in [-0.05, 0) is 12.6 Å². The van der Waals surface area contributed by atoms with Gasteiger partial charge in [0.25, 0.3) is 0 Å². The summed E-state index contributed by atoms with van der Waals surface area (Å²) in [6.07, 6.45) is 0.639. The van der Waals surface area contributed by atoms with E-state index >= 15 is 0 Å². The summed E-state index contributed by atoms with van der Waals surface area (Å²) in [6.45, 7) is 0.559. The topological polar surface area (TPSA) is 45.0 Å². The van der Waals surface area contributed by atoms with Gasteiger partial charge in [-0.25, -0.2) is 0 Å². The van der Waals surface area contributed by atoms with Crippen molar-refractivity contribution in [1.82, 2.24) is 5.32 Å². The normalized spacial score (nSPS) is 14.2. The lowest BCUT2D eigenvalue weighted by molar-refractivity contribution is 0.172. The summed E-state index contributed by atoms with van der Waals surface area (Å²) in [5, 5.41) is 12.4. The molecule has 15 heavy (non-hydrogen) atoms. The molecule has 1 atom stereocenters. The molecule has 0 saturated heterocycles. The Bertz CT molecular complexity index is 331. The number of benzene rings is 1. The number of nitriles is 1. The molecular weight excluding hydrogens is 188 g/mol. The van der Waals surface area contributed by atoms with Crippen LogP contribution in [0.1, 0.15) is 12.0 Å². The van der Waals surface area contributed by atoms with Crippen molar-refractivity contribution >= 4 is 0 Å². The third kappa shape index (κ3) is 2.56.